The zero-order valence-corrected chi connectivity index (χ0v) is 55.1. The molecule has 464 valence electrons. The molecule has 0 saturated heterocycles. The van der Waals surface area contributed by atoms with E-state index in [1.54, 1.807) is 0 Å². The van der Waals surface area contributed by atoms with Crippen LogP contribution in [0.5, 0.6) is 0 Å². The Morgan fingerprint density at radius 2 is 0.500 bits per heavy atom. The summed E-state index contributed by atoms with van der Waals surface area (Å²) in [6, 6.07) is 117. The van der Waals surface area contributed by atoms with Crippen LogP contribution in [0.3, 0.4) is 0 Å². The van der Waals surface area contributed by atoms with Crippen LogP contribution in [0, 0.1) is 0 Å². The second kappa shape index (κ2) is 24.7. The number of halogens is 1. The molecule has 20 rings (SSSR count). The molecule has 0 amide bonds. The van der Waals surface area contributed by atoms with Gasteiger partial charge in [-0.15, -0.1) is 22.7 Å². The molecule has 0 fully saturated rings. The Balaban J connectivity index is 0.000000140. The predicted octanol–water partition coefficient (Wildman–Crippen LogP) is 27.5. The van der Waals surface area contributed by atoms with Gasteiger partial charge in [-0.05, 0) is 177 Å². The summed E-state index contributed by atoms with van der Waals surface area (Å²) in [6.45, 7) is 0. The van der Waals surface area contributed by atoms with Crippen molar-refractivity contribution in [3.8, 4) is 55.6 Å². The molecule has 0 bridgehead atoms. The number of rotatable bonds is 8. The quantitative estimate of drug-likeness (QED) is 0.154. The minimum absolute atomic E-state index is 0.748. The maximum atomic E-state index is 6.24. The van der Waals surface area contributed by atoms with Gasteiger partial charge < -0.3 is 23.9 Å². The molecule has 0 aliphatic heterocycles. The summed E-state index contributed by atoms with van der Waals surface area (Å²) < 4.78 is 23.7. The van der Waals surface area contributed by atoms with Crippen LogP contribution in [0.4, 0.5) is 22.7 Å². The lowest BCUT2D eigenvalue weighted by Crippen LogP contribution is -2.09. The van der Waals surface area contributed by atoms with Gasteiger partial charge in [-0.25, -0.2) is 0 Å². The van der Waals surface area contributed by atoms with E-state index in [0.717, 1.165) is 121 Å². The monoisotopic (exact) mass is 1310 g/mol. The Hall–Kier alpha value is -12.0. The Bertz CT molecular complexity index is 5850. The normalized spacial score (nSPS) is 11.6. The molecule has 5 nitrogen and oxygen atoms in total. The maximum absolute atomic E-state index is 6.24. The molecule has 8 heteroatoms. The highest BCUT2D eigenvalue weighted by Crippen LogP contribution is 2.46. The van der Waals surface area contributed by atoms with Crippen LogP contribution in [0.15, 0.2) is 347 Å². The van der Waals surface area contributed by atoms with Crippen LogP contribution in [0.1, 0.15) is 0 Å². The number of nitrogen functional groups attached to an aromatic ring is 1. The van der Waals surface area contributed by atoms with E-state index in [-0.39, 0.29) is 0 Å². The van der Waals surface area contributed by atoms with Crippen LogP contribution in [-0.4, -0.2) is 0 Å². The van der Waals surface area contributed by atoms with E-state index in [4.69, 9.17) is 30.6 Å². The molecule has 0 atom stereocenters. The molecule has 5 aromatic heterocycles. The van der Waals surface area contributed by atoms with Crippen molar-refractivity contribution in [1.82, 2.24) is 0 Å². The Kier molecular flexibility index (Phi) is 14.7. The number of nitrogens with zero attached hydrogens (tertiary/aromatic N) is 1. The number of hydrogen-bond acceptors (Lipinski definition) is 7. The molecule has 0 aliphatic carbocycles. The van der Waals surface area contributed by atoms with E-state index in [1.807, 2.05) is 114 Å². The van der Waals surface area contributed by atoms with Crippen molar-refractivity contribution >= 4 is 163 Å². The van der Waals surface area contributed by atoms with Crippen LogP contribution >= 0.6 is 34.3 Å². The standard InChI is InChI=1S/C54H33NO2S.C18H11ClO.C18H13NS/c1-4-16-46-43(10-1)52-40(13-7-18-48(52)56-46)34-22-28-37(29-23-34)55(38-30-24-35(25-31-38)41-14-8-19-49-53(41)44-11-2-5-17-47(44)57-49)39-32-26-36(27-33-39)42-15-9-21-51-54(42)45-12-3-6-20-50(45)58-51;2*19-13-10-8-12(9-11-13)14-5-3-7-17-18(14)15-4-1-2-6-16(15)20-17/h1-33H;1-11H;1-11H,19H2. The number of anilines is 4. The maximum Gasteiger partial charge on any atom is 0.136 e. The number of furan rings is 3. The number of fused-ring (bicyclic) bond motifs is 15. The number of para-hydroxylation sites is 3. The van der Waals surface area contributed by atoms with Crippen molar-refractivity contribution in [3.63, 3.8) is 0 Å². The van der Waals surface area contributed by atoms with Gasteiger partial charge in [-0.2, -0.15) is 0 Å². The SMILES string of the molecule is Clc1ccc(-c2cccc3oc4ccccc4c23)cc1.Nc1ccc(-c2cccc3sc4ccccc4c23)cc1.c1ccc2c(c1)oc1cccc(-c3ccc(N(c4ccc(-c5cccc6oc7ccccc7c56)cc4)c4ccc(-c5cccc6sc7ccccc7c56)cc4)cc3)c12. The Morgan fingerprint density at radius 3 is 0.857 bits per heavy atom. The van der Waals surface area contributed by atoms with Gasteiger partial charge in [0.15, 0.2) is 0 Å². The fourth-order valence-electron chi connectivity index (χ4n) is 14.2. The summed E-state index contributed by atoms with van der Waals surface area (Å²) in [4.78, 5) is 2.35. The molecule has 0 radical (unpaired) electrons. The zero-order valence-electron chi connectivity index (χ0n) is 52.7. The second-order valence-electron chi connectivity index (χ2n) is 24.5. The first-order chi connectivity index (χ1) is 48.4. The minimum atomic E-state index is 0.748. The summed E-state index contributed by atoms with van der Waals surface area (Å²) in [5, 5.41) is 12.9. The molecular formula is C90H57ClN2O3S2. The van der Waals surface area contributed by atoms with Crippen molar-refractivity contribution < 1.29 is 13.3 Å². The summed E-state index contributed by atoms with van der Waals surface area (Å²) in [5.41, 5.74) is 27.1. The third-order valence-corrected chi connectivity index (χ3v) is 21.2. The van der Waals surface area contributed by atoms with E-state index < -0.39 is 0 Å². The summed E-state index contributed by atoms with van der Waals surface area (Å²) in [5.74, 6) is 0. The fourth-order valence-corrected chi connectivity index (χ4v) is 16.6. The van der Waals surface area contributed by atoms with Crippen LogP contribution in [0.2, 0.25) is 5.02 Å². The Morgan fingerprint density at radius 1 is 0.235 bits per heavy atom. The molecule has 15 aromatic carbocycles. The van der Waals surface area contributed by atoms with Gasteiger partial charge in [-0.3, -0.25) is 0 Å². The third kappa shape index (κ3) is 10.5. The van der Waals surface area contributed by atoms with Crippen molar-refractivity contribution in [2.45, 2.75) is 0 Å². The highest BCUT2D eigenvalue weighted by atomic mass is 35.5. The molecule has 5 heterocycles. The summed E-state index contributed by atoms with van der Waals surface area (Å²) in [6.07, 6.45) is 0. The topological polar surface area (TPSA) is 68.7 Å². The minimum Gasteiger partial charge on any atom is -0.456 e. The first-order valence-corrected chi connectivity index (χ1v) is 34.7. The molecule has 0 unspecified atom stereocenters. The molecule has 2 N–H and O–H groups in total. The van der Waals surface area contributed by atoms with E-state index in [9.17, 15) is 0 Å². The van der Waals surface area contributed by atoms with Crippen molar-refractivity contribution in [1.29, 1.82) is 0 Å². The fraction of sp³-hybridized carbons (Fsp3) is 0. The van der Waals surface area contributed by atoms with Crippen molar-refractivity contribution in [3.05, 3.63) is 339 Å². The largest absolute Gasteiger partial charge is 0.456 e. The van der Waals surface area contributed by atoms with E-state index in [0.29, 0.717) is 0 Å². The number of benzene rings is 15. The molecular weight excluding hydrogens is 1260 g/mol. The third-order valence-electron chi connectivity index (χ3n) is 18.7. The van der Waals surface area contributed by atoms with Gasteiger partial charge in [0.1, 0.15) is 33.5 Å². The second-order valence-corrected chi connectivity index (χ2v) is 27.1. The lowest BCUT2D eigenvalue weighted by atomic mass is 9.98. The number of hydrogen-bond donors (Lipinski definition) is 1. The molecule has 0 spiro atoms. The lowest BCUT2D eigenvalue weighted by molar-refractivity contribution is 0.668. The van der Waals surface area contributed by atoms with Crippen molar-refractivity contribution in [2.75, 3.05) is 10.6 Å². The van der Waals surface area contributed by atoms with E-state index >= 15 is 0 Å². The smallest absolute Gasteiger partial charge is 0.136 e. The predicted molar refractivity (Wildman–Crippen MR) is 418 cm³/mol. The van der Waals surface area contributed by atoms with Gasteiger partial charge in [0.25, 0.3) is 0 Å². The number of thiophene rings is 2. The lowest BCUT2D eigenvalue weighted by Gasteiger charge is -2.26. The average Bonchev–Trinajstić information content (AvgIpc) is 1.58. The van der Waals surface area contributed by atoms with Gasteiger partial charge in [0.05, 0.1) is 0 Å². The molecule has 20 aromatic rings. The van der Waals surface area contributed by atoms with Crippen molar-refractivity contribution in [2.24, 2.45) is 0 Å². The summed E-state index contributed by atoms with van der Waals surface area (Å²) in [7, 11) is 0. The first kappa shape index (κ1) is 58.6. The molecule has 0 saturated carbocycles. The van der Waals surface area contributed by atoms with Crippen LogP contribution in [-0.2, 0) is 0 Å². The van der Waals surface area contributed by atoms with Gasteiger partial charge in [-0.1, -0.05) is 224 Å². The van der Waals surface area contributed by atoms with Gasteiger partial charge in [0.2, 0.25) is 0 Å². The van der Waals surface area contributed by atoms with Gasteiger partial charge in [0, 0.05) is 100 Å². The van der Waals surface area contributed by atoms with Crippen LogP contribution < -0.4 is 10.6 Å². The summed E-state index contributed by atoms with van der Waals surface area (Å²) >= 11 is 9.68. The highest BCUT2D eigenvalue weighted by Gasteiger charge is 2.20. The van der Waals surface area contributed by atoms with Gasteiger partial charge >= 0.3 is 0 Å². The van der Waals surface area contributed by atoms with E-state index in [2.05, 4.69) is 248 Å². The zero-order chi connectivity index (χ0) is 65.2. The molecule has 0 aliphatic rings. The van der Waals surface area contributed by atoms with Crippen LogP contribution in [0.25, 0.3) is 162 Å². The highest BCUT2D eigenvalue weighted by molar-refractivity contribution is 7.26. The number of nitrogens with two attached hydrogens (primary N) is 1. The Labute approximate surface area is 577 Å². The van der Waals surface area contributed by atoms with E-state index in [1.165, 1.54) is 68.2 Å². The first-order valence-electron chi connectivity index (χ1n) is 32.7. The average molecular weight is 1310 g/mol. The molecule has 98 heavy (non-hydrogen) atoms.